The Morgan fingerprint density at radius 1 is 1.54 bits per heavy atom. The van der Waals surface area contributed by atoms with Gasteiger partial charge in [0.05, 0.1) is 12.7 Å². The van der Waals surface area contributed by atoms with Crippen molar-refractivity contribution in [1.82, 2.24) is 0 Å². The number of thioether (sulfide) groups is 1. The maximum absolute atomic E-state index is 9.75. The second-order valence-electron chi connectivity index (χ2n) is 3.55. The van der Waals surface area contributed by atoms with Crippen LogP contribution in [0.4, 0.5) is 0 Å². The largest absolute Gasteiger partial charge is 0.390 e. The van der Waals surface area contributed by atoms with E-state index in [2.05, 4.69) is 6.92 Å². The highest BCUT2D eigenvalue weighted by atomic mass is 32.2. The molecule has 1 aliphatic rings. The molecule has 1 rings (SSSR count). The van der Waals surface area contributed by atoms with Gasteiger partial charge in [0, 0.05) is 11.9 Å². The molecule has 0 spiro atoms. The van der Waals surface area contributed by atoms with Gasteiger partial charge in [-0.25, -0.2) is 0 Å². The van der Waals surface area contributed by atoms with Crippen molar-refractivity contribution in [2.75, 3.05) is 19.0 Å². The highest BCUT2D eigenvalue weighted by molar-refractivity contribution is 8.00. The lowest BCUT2D eigenvalue weighted by molar-refractivity contribution is 0.0344. The highest BCUT2D eigenvalue weighted by Gasteiger charge is 2.21. The van der Waals surface area contributed by atoms with E-state index in [1.54, 1.807) is 0 Å². The first-order chi connectivity index (χ1) is 6.34. The van der Waals surface area contributed by atoms with Crippen LogP contribution in [0.2, 0.25) is 0 Å². The smallest absolute Gasteiger partial charge is 0.0891 e. The van der Waals surface area contributed by atoms with Crippen LogP contribution in [0, 0.1) is 0 Å². The summed E-state index contributed by atoms with van der Waals surface area (Å²) in [6.07, 6.45) is 4.51. The van der Waals surface area contributed by atoms with E-state index in [0.717, 1.165) is 19.4 Å². The third-order valence-electron chi connectivity index (χ3n) is 2.28. The van der Waals surface area contributed by atoms with Crippen LogP contribution in [0.3, 0.4) is 0 Å². The lowest BCUT2D eigenvalue weighted by Crippen LogP contribution is -2.30. The number of ether oxygens (including phenoxy) is 1. The fourth-order valence-corrected chi connectivity index (χ4v) is 2.83. The molecule has 2 atom stereocenters. The first kappa shape index (κ1) is 11.3. The van der Waals surface area contributed by atoms with E-state index < -0.39 is 0 Å². The Labute approximate surface area is 85.0 Å². The van der Waals surface area contributed by atoms with Crippen molar-refractivity contribution in [2.45, 2.75) is 44.0 Å². The van der Waals surface area contributed by atoms with Crippen molar-refractivity contribution in [1.29, 1.82) is 0 Å². The summed E-state index contributed by atoms with van der Waals surface area (Å²) < 4.78 is 5.33. The van der Waals surface area contributed by atoms with Crippen LogP contribution in [-0.2, 0) is 4.74 Å². The quantitative estimate of drug-likeness (QED) is 0.695. The van der Waals surface area contributed by atoms with Gasteiger partial charge in [-0.1, -0.05) is 13.3 Å². The van der Waals surface area contributed by atoms with Gasteiger partial charge in [-0.2, -0.15) is 11.8 Å². The predicted molar refractivity (Wildman–Crippen MR) is 57.2 cm³/mol. The molecule has 0 amide bonds. The van der Waals surface area contributed by atoms with Crippen LogP contribution in [0.5, 0.6) is 0 Å². The van der Waals surface area contributed by atoms with Crippen molar-refractivity contribution in [3.8, 4) is 0 Å². The average molecular weight is 204 g/mol. The maximum Gasteiger partial charge on any atom is 0.0891 e. The number of aliphatic hydroxyl groups is 1. The van der Waals surface area contributed by atoms with E-state index in [0.29, 0.717) is 11.9 Å². The van der Waals surface area contributed by atoms with Gasteiger partial charge < -0.3 is 9.84 Å². The molecule has 0 aromatic carbocycles. The molecular formula is C10H20O2S. The molecule has 0 radical (unpaired) electrons. The van der Waals surface area contributed by atoms with Crippen molar-refractivity contribution in [2.24, 2.45) is 0 Å². The molecule has 0 aromatic rings. The second kappa shape index (κ2) is 6.68. The third-order valence-corrected chi connectivity index (χ3v) is 3.78. The van der Waals surface area contributed by atoms with Crippen LogP contribution in [-0.4, -0.2) is 35.4 Å². The second-order valence-corrected chi connectivity index (χ2v) is 4.89. The van der Waals surface area contributed by atoms with Crippen LogP contribution in [0.15, 0.2) is 0 Å². The molecule has 1 aliphatic heterocycles. The Kier molecular flexibility index (Phi) is 5.83. The summed E-state index contributed by atoms with van der Waals surface area (Å²) in [4.78, 5) is 0. The summed E-state index contributed by atoms with van der Waals surface area (Å²) in [5, 5.41) is 10.2. The van der Waals surface area contributed by atoms with Crippen molar-refractivity contribution in [3.05, 3.63) is 0 Å². The molecular weight excluding hydrogens is 184 g/mol. The van der Waals surface area contributed by atoms with E-state index in [4.69, 9.17) is 4.74 Å². The van der Waals surface area contributed by atoms with Gasteiger partial charge in [-0.3, -0.25) is 0 Å². The van der Waals surface area contributed by atoms with Crippen molar-refractivity contribution >= 4 is 11.8 Å². The normalized spacial score (nSPS) is 25.8. The van der Waals surface area contributed by atoms with Gasteiger partial charge >= 0.3 is 0 Å². The zero-order valence-corrected chi connectivity index (χ0v) is 9.18. The molecule has 3 heteroatoms. The monoisotopic (exact) mass is 204 g/mol. The summed E-state index contributed by atoms with van der Waals surface area (Å²) in [5.74, 6) is 1.20. The molecule has 2 nitrogen and oxygen atoms in total. The minimum Gasteiger partial charge on any atom is -0.390 e. The molecule has 2 unspecified atom stereocenters. The Balaban J connectivity index is 2.09. The number of hydrogen-bond acceptors (Lipinski definition) is 3. The van der Waals surface area contributed by atoms with Gasteiger partial charge in [0.15, 0.2) is 0 Å². The molecule has 1 saturated heterocycles. The van der Waals surface area contributed by atoms with Gasteiger partial charge in [0.2, 0.25) is 0 Å². The van der Waals surface area contributed by atoms with E-state index in [9.17, 15) is 5.11 Å². The minimum atomic E-state index is -0.253. The summed E-state index contributed by atoms with van der Waals surface area (Å²) >= 11 is 1.90. The van der Waals surface area contributed by atoms with Crippen LogP contribution < -0.4 is 0 Å². The third kappa shape index (κ3) is 4.34. The first-order valence-corrected chi connectivity index (χ1v) is 6.27. The van der Waals surface area contributed by atoms with E-state index in [1.165, 1.54) is 18.6 Å². The lowest BCUT2D eigenvalue weighted by Gasteiger charge is -2.25. The number of rotatable bonds is 5. The van der Waals surface area contributed by atoms with Gasteiger partial charge in [-0.15, -0.1) is 0 Å². The standard InChI is InChI=1S/C10H20O2S/c1-2-6-12-8-9(11)10-5-3-4-7-13-10/h9-11H,2-8H2,1H3. The Hall–Kier alpha value is 0.270. The van der Waals surface area contributed by atoms with Crippen LogP contribution in [0.25, 0.3) is 0 Å². The molecule has 1 fully saturated rings. The van der Waals surface area contributed by atoms with Crippen LogP contribution in [0.1, 0.15) is 32.6 Å². The molecule has 1 heterocycles. The number of aliphatic hydroxyl groups excluding tert-OH is 1. The molecule has 0 bridgehead atoms. The Morgan fingerprint density at radius 3 is 3.00 bits per heavy atom. The average Bonchev–Trinajstić information content (AvgIpc) is 2.19. The van der Waals surface area contributed by atoms with E-state index >= 15 is 0 Å². The molecule has 0 aromatic heterocycles. The zero-order chi connectivity index (χ0) is 9.52. The minimum absolute atomic E-state index is 0.253. The fourth-order valence-electron chi connectivity index (χ4n) is 1.52. The maximum atomic E-state index is 9.75. The Morgan fingerprint density at radius 2 is 2.38 bits per heavy atom. The highest BCUT2D eigenvalue weighted by Crippen LogP contribution is 2.27. The van der Waals surface area contributed by atoms with Gasteiger partial charge in [0.25, 0.3) is 0 Å². The molecule has 0 aliphatic carbocycles. The van der Waals surface area contributed by atoms with Gasteiger partial charge in [0.1, 0.15) is 0 Å². The summed E-state index contributed by atoms with van der Waals surface area (Å²) in [6, 6.07) is 0. The number of hydrogen-bond donors (Lipinski definition) is 1. The zero-order valence-electron chi connectivity index (χ0n) is 8.37. The van der Waals surface area contributed by atoms with Gasteiger partial charge in [-0.05, 0) is 25.0 Å². The molecule has 1 N–H and O–H groups in total. The Bertz CT molecular complexity index is 124. The van der Waals surface area contributed by atoms with Crippen LogP contribution >= 0.6 is 11.8 Å². The van der Waals surface area contributed by atoms with E-state index in [1.807, 2.05) is 11.8 Å². The molecule has 13 heavy (non-hydrogen) atoms. The van der Waals surface area contributed by atoms with E-state index in [-0.39, 0.29) is 6.10 Å². The first-order valence-electron chi connectivity index (χ1n) is 5.22. The summed E-state index contributed by atoms with van der Waals surface area (Å²) in [5.41, 5.74) is 0. The molecule has 0 saturated carbocycles. The topological polar surface area (TPSA) is 29.5 Å². The fraction of sp³-hybridized carbons (Fsp3) is 1.00. The molecule has 78 valence electrons. The van der Waals surface area contributed by atoms with Crippen molar-refractivity contribution in [3.63, 3.8) is 0 Å². The summed E-state index contributed by atoms with van der Waals surface area (Å²) in [7, 11) is 0. The summed E-state index contributed by atoms with van der Waals surface area (Å²) in [6.45, 7) is 3.38. The lowest BCUT2D eigenvalue weighted by atomic mass is 10.1. The SMILES string of the molecule is CCCOCC(O)C1CCCCS1. The van der Waals surface area contributed by atoms with Crippen molar-refractivity contribution < 1.29 is 9.84 Å². The predicted octanol–water partition coefficient (Wildman–Crippen LogP) is 2.06.